The normalized spacial score (nSPS) is 10.8. The van der Waals surface area contributed by atoms with Gasteiger partial charge in [-0.3, -0.25) is 9.69 Å². The number of methoxy groups -OCH3 is 1. The van der Waals surface area contributed by atoms with Crippen LogP contribution in [0.1, 0.15) is 12.6 Å². The largest absolute Gasteiger partial charge is 0.494 e. The van der Waals surface area contributed by atoms with Gasteiger partial charge in [-0.1, -0.05) is 41.6 Å². The number of halogens is 1. The van der Waals surface area contributed by atoms with E-state index in [4.69, 9.17) is 16.3 Å². The second kappa shape index (κ2) is 9.46. The van der Waals surface area contributed by atoms with Crippen molar-refractivity contribution in [2.45, 2.75) is 17.8 Å². The molecule has 1 amide bonds. The van der Waals surface area contributed by atoms with E-state index in [-0.39, 0.29) is 5.91 Å². The molecule has 0 bridgehead atoms. The molecule has 4 aromatic rings. The summed E-state index contributed by atoms with van der Waals surface area (Å²) in [6.07, 6.45) is 0. The van der Waals surface area contributed by atoms with Crippen molar-refractivity contribution in [2.75, 3.05) is 12.0 Å². The summed E-state index contributed by atoms with van der Waals surface area (Å²) in [6, 6.07) is 14.6. The fourth-order valence-electron chi connectivity index (χ4n) is 2.87. The van der Waals surface area contributed by atoms with Crippen molar-refractivity contribution in [3.63, 3.8) is 0 Å². The van der Waals surface area contributed by atoms with Crippen LogP contribution in [-0.2, 0) is 10.5 Å². The first-order valence-electron chi connectivity index (χ1n) is 9.12. The van der Waals surface area contributed by atoms with Crippen LogP contribution in [0, 0.1) is 0 Å². The number of thiazole rings is 1. The summed E-state index contributed by atoms with van der Waals surface area (Å²) in [6.45, 7) is 1.50. The second-order valence-corrected chi connectivity index (χ2v) is 8.50. The molecule has 11 heteroatoms. The molecular weight excluding hydrogens is 456 g/mol. The molecule has 0 saturated carbocycles. The van der Waals surface area contributed by atoms with Gasteiger partial charge in [-0.15, -0.1) is 16.4 Å². The molecule has 0 spiro atoms. The molecule has 31 heavy (non-hydrogen) atoms. The minimum absolute atomic E-state index is 0.143. The molecule has 2 aromatic heterocycles. The van der Waals surface area contributed by atoms with E-state index in [9.17, 15) is 4.79 Å². The highest BCUT2D eigenvalue weighted by molar-refractivity contribution is 7.98. The Morgan fingerprint density at radius 3 is 2.87 bits per heavy atom. The molecule has 2 aromatic carbocycles. The number of nitrogens with zero attached hydrogens (tertiary/aromatic N) is 6. The zero-order chi connectivity index (χ0) is 21.8. The molecular formula is C20H17ClN6O2S2. The predicted molar refractivity (Wildman–Crippen MR) is 122 cm³/mol. The third kappa shape index (κ3) is 4.71. The molecule has 158 valence electrons. The first-order valence-corrected chi connectivity index (χ1v) is 11.4. The third-order valence-corrected chi connectivity index (χ3v) is 6.28. The second-order valence-electron chi connectivity index (χ2n) is 6.29. The molecule has 0 fully saturated rings. The summed E-state index contributed by atoms with van der Waals surface area (Å²) in [7, 11) is 1.60. The topological polar surface area (TPSA) is 86.0 Å². The molecule has 0 N–H and O–H groups in total. The number of ether oxygens (including phenoxy) is 1. The number of thioether (sulfide) groups is 1. The smallest absolute Gasteiger partial charge is 0.230 e. The van der Waals surface area contributed by atoms with Crippen molar-refractivity contribution < 1.29 is 9.53 Å². The van der Waals surface area contributed by atoms with Crippen LogP contribution in [0.25, 0.3) is 5.69 Å². The Kier molecular flexibility index (Phi) is 6.50. The monoisotopic (exact) mass is 472 g/mol. The standard InChI is InChI=1S/C20H17ClN6O2S2/c1-13(28)26(16-7-5-6-14(21)10-16)19-22-15(11-30-19)12-31-20-23-24-25-27(20)17-8-3-4-9-18(17)29-2/h3-11H,12H2,1-2H3. The van der Waals surface area contributed by atoms with Gasteiger partial charge in [-0.25, -0.2) is 4.98 Å². The van der Waals surface area contributed by atoms with Gasteiger partial charge in [0, 0.05) is 23.1 Å². The quantitative estimate of drug-likeness (QED) is 0.358. The Morgan fingerprint density at radius 1 is 1.26 bits per heavy atom. The van der Waals surface area contributed by atoms with Crippen molar-refractivity contribution in [3.05, 3.63) is 64.6 Å². The zero-order valence-electron chi connectivity index (χ0n) is 16.6. The number of benzene rings is 2. The lowest BCUT2D eigenvalue weighted by molar-refractivity contribution is -0.115. The highest BCUT2D eigenvalue weighted by Gasteiger charge is 2.19. The van der Waals surface area contributed by atoms with E-state index in [1.807, 2.05) is 35.7 Å². The van der Waals surface area contributed by atoms with Crippen LogP contribution in [0.15, 0.2) is 59.1 Å². The van der Waals surface area contributed by atoms with Crippen molar-refractivity contribution in [2.24, 2.45) is 0 Å². The molecule has 0 aliphatic heterocycles. The van der Waals surface area contributed by atoms with Crippen molar-refractivity contribution in [3.8, 4) is 11.4 Å². The Morgan fingerprint density at radius 2 is 2.10 bits per heavy atom. The molecule has 0 aliphatic carbocycles. The van der Waals surface area contributed by atoms with Gasteiger partial charge in [-0.2, -0.15) is 4.68 Å². The van der Waals surface area contributed by atoms with Gasteiger partial charge >= 0.3 is 0 Å². The summed E-state index contributed by atoms with van der Waals surface area (Å²) in [5, 5.41) is 15.7. The lowest BCUT2D eigenvalue weighted by Crippen LogP contribution is -2.22. The molecule has 2 heterocycles. The van der Waals surface area contributed by atoms with Gasteiger partial charge in [0.25, 0.3) is 0 Å². The maximum absolute atomic E-state index is 12.3. The average molecular weight is 473 g/mol. The Balaban J connectivity index is 1.53. The van der Waals surface area contributed by atoms with Crippen molar-refractivity contribution in [1.29, 1.82) is 0 Å². The van der Waals surface area contributed by atoms with Crippen LogP contribution < -0.4 is 9.64 Å². The SMILES string of the molecule is COc1ccccc1-n1nnnc1SCc1csc(N(C(C)=O)c2cccc(Cl)c2)n1. The van der Waals surface area contributed by atoms with Crippen LogP contribution in [0.3, 0.4) is 0 Å². The fraction of sp³-hybridized carbons (Fsp3) is 0.150. The Hall–Kier alpha value is -2.95. The first kappa shape index (κ1) is 21.3. The van der Waals surface area contributed by atoms with Crippen LogP contribution in [0.4, 0.5) is 10.8 Å². The van der Waals surface area contributed by atoms with E-state index in [0.717, 1.165) is 11.4 Å². The van der Waals surface area contributed by atoms with Crippen LogP contribution in [-0.4, -0.2) is 38.2 Å². The molecule has 8 nitrogen and oxygen atoms in total. The number of rotatable bonds is 7. The van der Waals surface area contributed by atoms with Gasteiger partial charge in [0.15, 0.2) is 5.13 Å². The zero-order valence-corrected chi connectivity index (χ0v) is 19.0. The number of hydrogen-bond donors (Lipinski definition) is 0. The number of amides is 1. The summed E-state index contributed by atoms with van der Waals surface area (Å²) in [4.78, 5) is 18.5. The number of carbonyl (C=O) groups is 1. The van der Waals surface area contributed by atoms with Crippen LogP contribution >= 0.6 is 34.7 Å². The maximum atomic E-state index is 12.3. The first-order chi connectivity index (χ1) is 15.1. The van der Waals surface area contributed by atoms with E-state index in [1.165, 1.54) is 30.0 Å². The molecule has 0 unspecified atom stereocenters. The fourth-order valence-corrected chi connectivity index (χ4v) is 4.82. The molecule has 0 aliphatic rings. The molecule has 0 radical (unpaired) electrons. The lowest BCUT2D eigenvalue weighted by Gasteiger charge is -2.18. The van der Waals surface area contributed by atoms with E-state index in [0.29, 0.717) is 32.5 Å². The van der Waals surface area contributed by atoms with Gasteiger partial charge in [0.05, 0.1) is 18.5 Å². The number of carbonyl (C=O) groups excluding carboxylic acids is 1. The Bertz CT molecular complexity index is 1210. The van der Waals surface area contributed by atoms with Crippen LogP contribution in [0.5, 0.6) is 5.75 Å². The molecule has 0 atom stereocenters. The highest BCUT2D eigenvalue weighted by Crippen LogP contribution is 2.32. The van der Waals surface area contributed by atoms with Crippen molar-refractivity contribution in [1.82, 2.24) is 25.2 Å². The van der Waals surface area contributed by atoms with Gasteiger partial charge in [-0.05, 0) is 40.8 Å². The lowest BCUT2D eigenvalue weighted by atomic mass is 10.3. The van der Waals surface area contributed by atoms with E-state index < -0.39 is 0 Å². The summed E-state index contributed by atoms with van der Waals surface area (Å²) >= 11 is 8.92. The molecule has 4 rings (SSSR count). The maximum Gasteiger partial charge on any atom is 0.230 e. The number of aromatic nitrogens is 5. The average Bonchev–Trinajstić information content (AvgIpc) is 3.41. The summed E-state index contributed by atoms with van der Waals surface area (Å²) < 4.78 is 7.04. The van der Waals surface area contributed by atoms with E-state index in [2.05, 4.69) is 20.5 Å². The van der Waals surface area contributed by atoms with Gasteiger partial charge in [0.2, 0.25) is 11.1 Å². The number of hydrogen-bond acceptors (Lipinski definition) is 8. The van der Waals surface area contributed by atoms with Crippen molar-refractivity contribution >= 4 is 51.4 Å². The minimum atomic E-state index is -0.143. The highest BCUT2D eigenvalue weighted by atomic mass is 35.5. The van der Waals surface area contributed by atoms with E-state index >= 15 is 0 Å². The predicted octanol–water partition coefficient (Wildman–Crippen LogP) is 4.76. The third-order valence-electron chi connectivity index (χ3n) is 4.22. The van der Waals surface area contributed by atoms with E-state index in [1.54, 1.807) is 34.9 Å². The van der Waals surface area contributed by atoms with Gasteiger partial charge < -0.3 is 4.74 Å². The minimum Gasteiger partial charge on any atom is -0.494 e. The number of para-hydroxylation sites is 2. The number of anilines is 2. The number of tetrazole rings is 1. The summed E-state index contributed by atoms with van der Waals surface area (Å²) in [5.74, 6) is 1.06. The Labute approximate surface area is 191 Å². The van der Waals surface area contributed by atoms with Crippen LogP contribution in [0.2, 0.25) is 5.02 Å². The summed E-state index contributed by atoms with van der Waals surface area (Å²) in [5.41, 5.74) is 2.24. The molecule has 0 saturated heterocycles. The van der Waals surface area contributed by atoms with Gasteiger partial charge in [0.1, 0.15) is 11.4 Å².